The number of hydrogen-bond donors (Lipinski definition) is 1. The van der Waals surface area contributed by atoms with Crippen molar-refractivity contribution < 1.29 is 27.8 Å². The van der Waals surface area contributed by atoms with Crippen LogP contribution in [0.15, 0.2) is 48.7 Å². The summed E-state index contributed by atoms with van der Waals surface area (Å²) < 4.78 is 47.0. The molecule has 5 rings (SSSR count). The van der Waals surface area contributed by atoms with Crippen molar-refractivity contribution in [3.8, 4) is 5.75 Å². The lowest BCUT2D eigenvalue weighted by Gasteiger charge is -2.23. The minimum atomic E-state index is -0.527. The number of fused-ring (bicyclic) bond motifs is 2. The molecular weight excluding hydrogens is 442 g/mol. The predicted octanol–water partition coefficient (Wildman–Crippen LogP) is 4.09. The van der Waals surface area contributed by atoms with E-state index in [9.17, 15) is 13.6 Å². The summed E-state index contributed by atoms with van der Waals surface area (Å²) in [5.41, 5.74) is 4.22. The van der Waals surface area contributed by atoms with Gasteiger partial charge < -0.3 is 24.1 Å². The van der Waals surface area contributed by atoms with E-state index < -0.39 is 23.8 Å². The van der Waals surface area contributed by atoms with E-state index in [2.05, 4.69) is 5.32 Å². The number of nitrogens with zero attached hydrogens (tertiary/aromatic N) is 1. The minimum Gasteiger partial charge on any atom is -0.493 e. The van der Waals surface area contributed by atoms with Crippen molar-refractivity contribution in [2.24, 2.45) is 0 Å². The molecule has 0 bridgehead atoms. The Bertz CT molecular complexity index is 1340. The SMILES string of the molecule is COC(=O)Cc1c(C2=CC=CNC2OC)c2cc3c(cc2n1Cc1cc(F)ccc1F)CCO3. The number of rotatable bonds is 6. The van der Waals surface area contributed by atoms with Gasteiger partial charge >= 0.3 is 5.97 Å². The second-order valence-electron chi connectivity index (χ2n) is 8.24. The predicted molar refractivity (Wildman–Crippen MR) is 123 cm³/mol. The molecule has 2 aliphatic rings. The summed E-state index contributed by atoms with van der Waals surface area (Å²) in [6.07, 6.45) is 5.79. The van der Waals surface area contributed by atoms with Gasteiger partial charge in [-0.15, -0.1) is 0 Å². The van der Waals surface area contributed by atoms with Crippen molar-refractivity contribution in [3.63, 3.8) is 0 Å². The summed E-state index contributed by atoms with van der Waals surface area (Å²) >= 11 is 0. The number of carbonyl (C=O) groups is 1. The highest BCUT2D eigenvalue weighted by atomic mass is 19.1. The van der Waals surface area contributed by atoms with Crippen LogP contribution in [0.5, 0.6) is 5.75 Å². The fourth-order valence-corrected chi connectivity index (χ4v) is 4.68. The molecule has 2 aromatic carbocycles. The molecule has 34 heavy (non-hydrogen) atoms. The molecule has 6 nitrogen and oxygen atoms in total. The number of esters is 1. The third kappa shape index (κ3) is 3.84. The maximum atomic E-state index is 14.7. The van der Waals surface area contributed by atoms with Crippen LogP contribution in [0.4, 0.5) is 8.78 Å². The Morgan fingerprint density at radius 1 is 1.24 bits per heavy atom. The number of hydrogen-bond acceptors (Lipinski definition) is 5. The Balaban J connectivity index is 1.80. The number of methoxy groups -OCH3 is 2. The molecule has 0 spiro atoms. The van der Waals surface area contributed by atoms with Gasteiger partial charge in [0.1, 0.15) is 17.4 Å². The van der Waals surface area contributed by atoms with E-state index in [1.165, 1.54) is 13.2 Å². The Morgan fingerprint density at radius 2 is 2.09 bits per heavy atom. The quantitative estimate of drug-likeness (QED) is 0.555. The van der Waals surface area contributed by atoms with Gasteiger partial charge in [0.2, 0.25) is 0 Å². The minimum absolute atomic E-state index is 0.0419. The van der Waals surface area contributed by atoms with Crippen molar-refractivity contribution in [1.29, 1.82) is 0 Å². The molecule has 1 aromatic heterocycles. The standard InChI is InChI=1S/C26H24F2N2O4/c1-32-24(31)13-22-25(18-4-3-8-29-26(18)33-2)19-12-23-15(7-9-34-23)11-21(19)30(22)14-16-10-17(27)5-6-20(16)28/h3-6,8,10-12,26,29H,7,9,13-14H2,1-2H3. The van der Waals surface area contributed by atoms with Crippen molar-refractivity contribution in [3.05, 3.63) is 82.7 Å². The van der Waals surface area contributed by atoms with Gasteiger partial charge in [0.15, 0.2) is 6.23 Å². The highest BCUT2D eigenvalue weighted by Gasteiger charge is 2.29. The molecule has 176 valence electrons. The van der Waals surface area contributed by atoms with Crippen molar-refractivity contribution >= 4 is 22.4 Å². The van der Waals surface area contributed by atoms with Crippen LogP contribution < -0.4 is 10.1 Å². The summed E-state index contributed by atoms with van der Waals surface area (Å²) in [6.45, 7) is 0.624. The van der Waals surface area contributed by atoms with Gasteiger partial charge in [-0.2, -0.15) is 0 Å². The van der Waals surface area contributed by atoms with Crippen LogP contribution in [0.25, 0.3) is 16.5 Å². The summed E-state index contributed by atoms with van der Waals surface area (Å²) in [4.78, 5) is 12.5. The van der Waals surface area contributed by atoms with E-state index in [0.717, 1.165) is 51.9 Å². The molecule has 0 aliphatic carbocycles. The fraction of sp³-hybridized carbons (Fsp3) is 0.269. The first kappa shape index (κ1) is 22.2. The van der Waals surface area contributed by atoms with Gasteiger partial charge in [-0.25, -0.2) is 8.78 Å². The first-order chi connectivity index (χ1) is 16.5. The van der Waals surface area contributed by atoms with E-state index in [-0.39, 0.29) is 18.5 Å². The molecule has 8 heteroatoms. The number of dihydropyridines is 1. The summed E-state index contributed by atoms with van der Waals surface area (Å²) in [5, 5.41) is 4.00. The Morgan fingerprint density at radius 3 is 2.88 bits per heavy atom. The molecule has 0 radical (unpaired) electrons. The second kappa shape index (κ2) is 8.95. The highest BCUT2D eigenvalue weighted by Crippen LogP contribution is 2.40. The van der Waals surface area contributed by atoms with Crippen LogP contribution in [0, 0.1) is 11.6 Å². The third-order valence-corrected chi connectivity index (χ3v) is 6.28. The lowest BCUT2D eigenvalue weighted by atomic mass is 9.96. The van der Waals surface area contributed by atoms with Crippen LogP contribution in [0.2, 0.25) is 0 Å². The normalized spacial score (nSPS) is 16.7. The summed E-state index contributed by atoms with van der Waals surface area (Å²) in [6, 6.07) is 7.35. The number of aromatic nitrogens is 1. The van der Waals surface area contributed by atoms with E-state index >= 15 is 0 Å². The zero-order valence-electron chi connectivity index (χ0n) is 18.9. The van der Waals surface area contributed by atoms with Crippen LogP contribution in [0.1, 0.15) is 22.4 Å². The summed E-state index contributed by atoms with van der Waals surface area (Å²) in [5.74, 6) is -0.709. The lowest BCUT2D eigenvalue weighted by Crippen LogP contribution is -2.30. The Kier molecular flexibility index (Phi) is 5.83. The van der Waals surface area contributed by atoms with Gasteiger partial charge in [-0.1, -0.05) is 6.08 Å². The van der Waals surface area contributed by atoms with E-state index in [1.807, 2.05) is 28.9 Å². The first-order valence-corrected chi connectivity index (χ1v) is 11.0. The van der Waals surface area contributed by atoms with Gasteiger partial charge in [0.25, 0.3) is 0 Å². The number of carbonyl (C=O) groups excluding carboxylic acids is 1. The highest BCUT2D eigenvalue weighted by molar-refractivity contribution is 5.99. The second-order valence-corrected chi connectivity index (χ2v) is 8.24. The molecule has 0 saturated carbocycles. The van der Waals surface area contributed by atoms with Gasteiger partial charge in [0.05, 0.1) is 26.7 Å². The number of halogens is 2. The maximum absolute atomic E-state index is 14.7. The fourth-order valence-electron chi connectivity index (χ4n) is 4.68. The van der Waals surface area contributed by atoms with E-state index in [0.29, 0.717) is 12.3 Å². The van der Waals surface area contributed by atoms with E-state index in [1.54, 1.807) is 13.3 Å². The van der Waals surface area contributed by atoms with Crippen molar-refractivity contribution in [2.45, 2.75) is 25.6 Å². The zero-order valence-corrected chi connectivity index (χ0v) is 18.9. The summed E-state index contributed by atoms with van der Waals surface area (Å²) in [7, 11) is 2.92. The zero-order chi connectivity index (χ0) is 23.8. The molecule has 2 aliphatic heterocycles. The molecule has 3 aromatic rings. The Hall–Kier alpha value is -3.65. The molecule has 1 atom stereocenters. The molecule has 0 saturated heterocycles. The molecule has 1 unspecified atom stereocenters. The molecule has 1 N–H and O–H groups in total. The average Bonchev–Trinajstić information content (AvgIpc) is 3.42. The van der Waals surface area contributed by atoms with Crippen LogP contribution >= 0.6 is 0 Å². The van der Waals surface area contributed by atoms with Crippen molar-refractivity contribution in [2.75, 3.05) is 20.8 Å². The number of benzene rings is 2. The van der Waals surface area contributed by atoms with Crippen LogP contribution in [-0.4, -0.2) is 37.6 Å². The van der Waals surface area contributed by atoms with Gasteiger partial charge in [-0.05, 0) is 48.2 Å². The van der Waals surface area contributed by atoms with Gasteiger partial charge in [0, 0.05) is 46.8 Å². The van der Waals surface area contributed by atoms with E-state index in [4.69, 9.17) is 14.2 Å². The topological polar surface area (TPSA) is 61.7 Å². The molecule has 3 heterocycles. The average molecular weight is 466 g/mol. The molecule has 0 amide bonds. The number of allylic oxidation sites excluding steroid dienone is 2. The first-order valence-electron chi connectivity index (χ1n) is 11.0. The molecule has 0 fully saturated rings. The number of nitrogens with one attached hydrogen (secondary N) is 1. The smallest absolute Gasteiger partial charge is 0.311 e. The third-order valence-electron chi connectivity index (χ3n) is 6.28. The molecular formula is C26H24F2N2O4. The van der Waals surface area contributed by atoms with Crippen LogP contribution in [0.3, 0.4) is 0 Å². The van der Waals surface area contributed by atoms with Gasteiger partial charge in [-0.3, -0.25) is 4.79 Å². The Labute approximate surface area is 195 Å². The lowest BCUT2D eigenvalue weighted by molar-refractivity contribution is -0.139. The maximum Gasteiger partial charge on any atom is 0.311 e. The van der Waals surface area contributed by atoms with Crippen molar-refractivity contribution in [1.82, 2.24) is 9.88 Å². The monoisotopic (exact) mass is 466 g/mol. The van der Waals surface area contributed by atoms with Crippen LogP contribution in [-0.2, 0) is 33.7 Å². The number of ether oxygens (including phenoxy) is 3. The largest absolute Gasteiger partial charge is 0.493 e.